The van der Waals surface area contributed by atoms with Crippen LogP contribution in [0, 0.1) is 5.92 Å². The summed E-state index contributed by atoms with van der Waals surface area (Å²) in [7, 11) is 0. The minimum absolute atomic E-state index is 0.298. The van der Waals surface area contributed by atoms with Crippen LogP contribution in [-0.4, -0.2) is 23.4 Å². The molecule has 0 aliphatic heterocycles. The third-order valence-electron chi connectivity index (χ3n) is 1.99. The molecule has 0 atom stereocenters. The van der Waals surface area contributed by atoms with Crippen LogP contribution in [0.5, 0.6) is 0 Å². The fourth-order valence-corrected chi connectivity index (χ4v) is 1.38. The lowest BCUT2D eigenvalue weighted by Gasteiger charge is -2.27. The van der Waals surface area contributed by atoms with Gasteiger partial charge in [0.05, 0.1) is 0 Å². The molecule has 0 spiro atoms. The zero-order valence-electron chi connectivity index (χ0n) is 9.63. The number of hydrogen-bond acceptors (Lipinski definition) is 1. The van der Waals surface area contributed by atoms with Crippen molar-refractivity contribution in [3.63, 3.8) is 0 Å². The van der Waals surface area contributed by atoms with Gasteiger partial charge in [-0.25, -0.2) is 0 Å². The van der Waals surface area contributed by atoms with E-state index >= 15 is 0 Å². The van der Waals surface area contributed by atoms with Crippen molar-refractivity contribution in [3.05, 3.63) is 0 Å². The van der Waals surface area contributed by atoms with Gasteiger partial charge in [0, 0.05) is 19.0 Å². The van der Waals surface area contributed by atoms with Crippen molar-refractivity contribution in [2.75, 3.05) is 6.54 Å². The molecule has 0 heterocycles. The summed E-state index contributed by atoms with van der Waals surface area (Å²) in [6.07, 6.45) is 1.72. The Balaban J connectivity index is 4.11. The Bertz CT molecular complexity index is 152. The Morgan fingerprint density at radius 1 is 1.23 bits per heavy atom. The number of hydrogen-bond donors (Lipinski definition) is 0. The molecule has 0 N–H and O–H groups in total. The van der Waals surface area contributed by atoms with Gasteiger partial charge in [0.25, 0.3) is 0 Å². The van der Waals surface area contributed by atoms with E-state index in [2.05, 4.69) is 34.6 Å². The van der Waals surface area contributed by atoms with Gasteiger partial charge in [-0.15, -0.1) is 0 Å². The summed E-state index contributed by atoms with van der Waals surface area (Å²) >= 11 is 0. The number of carbonyl (C=O) groups is 1. The zero-order valence-corrected chi connectivity index (χ0v) is 9.63. The average Bonchev–Trinajstić information content (AvgIpc) is 1.97. The first-order valence-electron chi connectivity index (χ1n) is 5.28. The fraction of sp³-hybridized carbons (Fsp3) is 0.909. The normalized spacial score (nSPS) is 11.0. The summed E-state index contributed by atoms with van der Waals surface area (Å²) in [6.45, 7) is 11.3. The molecule has 0 unspecified atom stereocenters. The van der Waals surface area contributed by atoms with Crippen molar-refractivity contribution in [2.24, 2.45) is 5.92 Å². The second-order valence-corrected chi connectivity index (χ2v) is 4.28. The van der Waals surface area contributed by atoms with Crippen LogP contribution in [0.4, 0.5) is 0 Å². The van der Waals surface area contributed by atoms with Gasteiger partial charge < -0.3 is 4.90 Å². The van der Waals surface area contributed by atoms with Crippen LogP contribution in [-0.2, 0) is 4.79 Å². The van der Waals surface area contributed by atoms with E-state index in [1.807, 2.05) is 4.90 Å². The molecule has 0 aromatic carbocycles. The molecule has 0 aliphatic rings. The Labute approximate surface area is 82.3 Å². The van der Waals surface area contributed by atoms with Gasteiger partial charge in [-0.3, -0.25) is 4.79 Å². The maximum atomic E-state index is 11.7. The average molecular weight is 185 g/mol. The van der Waals surface area contributed by atoms with Crippen LogP contribution >= 0.6 is 0 Å². The predicted molar refractivity (Wildman–Crippen MR) is 56.6 cm³/mol. The Morgan fingerprint density at radius 2 is 1.77 bits per heavy atom. The highest BCUT2D eigenvalue weighted by molar-refractivity contribution is 5.76. The van der Waals surface area contributed by atoms with E-state index in [0.717, 1.165) is 13.0 Å². The fourth-order valence-electron chi connectivity index (χ4n) is 1.38. The van der Waals surface area contributed by atoms with E-state index in [0.29, 0.717) is 24.3 Å². The monoisotopic (exact) mass is 185 g/mol. The van der Waals surface area contributed by atoms with Gasteiger partial charge in [-0.1, -0.05) is 20.8 Å². The molecule has 0 aromatic heterocycles. The van der Waals surface area contributed by atoms with E-state index < -0.39 is 0 Å². The Hall–Kier alpha value is -0.530. The van der Waals surface area contributed by atoms with Crippen molar-refractivity contribution >= 4 is 5.91 Å². The smallest absolute Gasteiger partial charge is 0.223 e. The summed E-state index contributed by atoms with van der Waals surface area (Å²) in [4.78, 5) is 13.7. The summed E-state index contributed by atoms with van der Waals surface area (Å²) in [5.41, 5.74) is 0. The summed E-state index contributed by atoms with van der Waals surface area (Å²) < 4.78 is 0. The Kier molecular flexibility index (Phi) is 5.76. The SMILES string of the molecule is CCCN(C(=O)CC(C)C)C(C)C. The molecule has 0 saturated carbocycles. The van der Waals surface area contributed by atoms with Crippen molar-refractivity contribution in [1.82, 2.24) is 4.90 Å². The zero-order chi connectivity index (χ0) is 10.4. The molecule has 0 radical (unpaired) electrons. The van der Waals surface area contributed by atoms with Crippen LogP contribution < -0.4 is 0 Å². The lowest BCUT2D eigenvalue weighted by Crippen LogP contribution is -2.38. The van der Waals surface area contributed by atoms with E-state index in [1.165, 1.54) is 0 Å². The summed E-state index contributed by atoms with van der Waals surface area (Å²) in [5.74, 6) is 0.762. The largest absolute Gasteiger partial charge is 0.340 e. The Morgan fingerprint density at radius 3 is 2.08 bits per heavy atom. The highest BCUT2D eigenvalue weighted by Gasteiger charge is 2.16. The molecular weight excluding hydrogens is 162 g/mol. The molecule has 0 fully saturated rings. The van der Waals surface area contributed by atoms with Gasteiger partial charge in [-0.05, 0) is 26.2 Å². The van der Waals surface area contributed by atoms with Gasteiger partial charge in [-0.2, -0.15) is 0 Å². The molecule has 13 heavy (non-hydrogen) atoms. The van der Waals surface area contributed by atoms with Gasteiger partial charge in [0.2, 0.25) is 5.91 Å². The summed E-state index contributed by atoms with van der Waals surface area (Å²) in [5, 5.41) is 0. The van der Waals surface area contributed by atoms with E-state index in [1.54, 1.807) is 0 Å². The minimum atomic E-state index is 0.298. The molecule has 0 bridgehead atoms. The maximum absolute atomic E-state index is 11.7. The number of nitrogens with zero attached hydrogens (tertiary/aromatic N) is 1. The molecule has 1 amide bonds. The standard InChI is InChI=1S/C11H23NO/c1-6-7-12(10(4)5)11(13)8-9(2)3/h9-10H,6-8H2,1-5H3. The van der Waals surface area contributed by atoms with Gasteiger partial charge in [0.1, 0.15) is 0 Å². The lowest BCUT2D eigenvalue weighted by atomic mass is 10.1. The van der Waals surface area contributed by atoms with Crippen molar-refractivity contribution < 1.29 is 4.79 Å². The van der Waals surface area contributed by atoms with Crippen molar-refractivity contribution in [3.8, 4) is 0 Å². The maximum Gasteiger partial charge on any atom is 0.223 e. The van der Waals surface area contributed by atoms with Crippen LogP contribution in [0.3, 0.4) is 0 Å². The minimum Gasteiger partial charge on any atom is -0.340 e. The summed E-state index contributed by atoms with van der Waals surface area (Å²) in [6, 6.07) is 0.339. The van der Waals surface area contributed by atoms with Gasteiger partial charge >= 0.3 is 0 Å². The first kappa shape index (κ1) is 12.5. The predicted octanol–water partition coefficient (Wildman–Crippen LogP) is 2.68. The molecule has 0 rings (SSSR count). The van der Waals surface area contributed by atoms with Crippen LogP contribution in [0.1, 0.15) is 47.5 Å². The highest BCUT2D eigenvalue weighted by atomic mass is 16.2. The van der Waals surface area contributed by atoms with E-state index in [-0.39, 0.29) is 0 Å². The molecule has 2 heteroatoms. The lowest BCUT2D eigenvalue weighted by molar-refractivity contribution is -0.133. The second kappa shape index (κ2) is 6.01. The number of carbonyl (C=O) groups excluding carboxylic acids is 1. The molecule has 0 aliphatic carbocycles. The number of amides is 1. The molecule has 78 valence electrons. The topological polar surface area (TPSA) is 20.3 Å². The first-order valence-corrected chi connectivity index (χ1v) is 5.28. The second-order valence-electron chi connectivity index (χ2n) is 4.28. The van der Waals surface area contributed by atoms with E-state index in [4.69, 9.17) is 0 Å². The highest BCUT2D eigenvalue weighted by Crippen LogP contribution is 2.08. The van der Waals surface area contributed by atoms with Crippen LogP contribution in [0.25, 0.3) is 0 Å². The molecule has 2 nitrogen and oxygen atoms in total. The third-order valence-corrected chi connectivity index (χ3v) is 1.99. The van der Waals surface area contributed by atoms with Gasteiger partial charge in [0.15, 0.2) is 0 Å². The van der Waals surface area contributed by atoms with E-state index in [9.17, 15) is 4.79 Å². The van der Waals surface area contributed by atoms with Crippen molar-refractivity contribution in [1.29, 1.82) is 0 Å². The first-order chi connectivity index (χ1) is 5.99. The van der Waals surface area contributed by atoms with Crippen LogP contribution in [0.2, 0.25) is 0 Å². The quantitative estimate of drug-likeness (QED) is 0.645. The third kappa shape index (κ3) is 4.91. The van der Waals surface area contributed by atoms with Crippen molar-refractivity contribution in [2.45, 2.75) is 53.5 Å². The number of rotatable bonds is 5. The molecule has 0 aromatic rings. The van der Waals surface area contributed by atoms with Crippen LogP contribution in [0.15, 0.2) is 0 Å². The molecular formula is C11H23NO. The molecule has 0 saturated heterocycles.